The van der Waals surface area contributed by atoms with E-state index in [4.69, 9.17) is 4.42 Å². The van der Waals surface area contributed by atoms with Gasteiger partial charge in [0.1, 0.15) is 23.2 Å². The van der Waals surface area contributed by atoms with Gasteiger partial charge in [-0.25, -0.2) is 0 Å². The van der Waals surface area contributed by atoms with Crippen LogP contribution in [0.3, 0.4) is 0 Å². The molecule has 0 saturated carbocycles. The van der Waals surface area contributed by atoms with Crippen LogP contribution in [0.25, 0.3) is 17.4 Å². The summed E-state index contributed by atoms with van der Waals surface area (Å²) in [4.78, 5) is 32.9. The van der Waals surface area contributed by atoms with E-state index in [1.54, 1.807) is 18.2 Å². The van der Waals surface area contributed by atoms with Gasteiger partial charge in [0.2, 0.25) is 0 Å². The van der Waals surface area contributed by atoms with Crippen LogP contribution < -0.4 is 5.32 Å². The zero-order valence-corrected chi connectivity index (χ0v) is 17.0. The second kappa shape index (κ2) is 9.02. The van der Waals surface area contributed by atoms with Crippen molar-refractivity contribution in [3.8, 4) is 17.4 Å². The quantitative estimate of drug-likeness (QED) is 0.222. The summed E-state index contributed by atoms with van der Waals surface area (Å²) in [7, 11) is 0. The van der Waals surface area contributed by atoms with Gasteiger partial charge in [-0.1, -0.05) is 0 Å². The number of nitrogens with zero attached hydrogens (tertiary/aromatic N) is 3. The van der Waals surface area contributed by atoms with Gasteiger partial charge in [-0.3, -0.25) is 25.0 Å². The zero-order valence-electron chi connectivity index (χ0n) is 15.4. The fourth-order valence-corrected chi connectivity index (χ4v) is 3.00. The van der Waals surface area contributed by atoms with Crippen molar-refractivity contribution in [3.05, 3.63) is 90.6 Å². The first kappa shape index (κ1) is 21.4. The van der Waals surface area contributed by atoms with Gasteiger partial charge < -0.3 is 9.73 Å². The van der Waals surface area contributed by atoms with Crippen LogP contribution in [0.5, 0.6) is 0 Å². The third-order valence-electron chi connectivity index (χ3n) is 4.05. The van der Waals surface area contributed by atoms with Gasteiger partial charge in [0.25, 0.3) is 17.3 Å². The van der Waals surface area contributed by atoms with Gasteiger partial charge in [-0.15, -0.1) is 0 Å². The van der Waals surface area contributed by atoms with Crippen molar-refractivity contribution >= 4 is 45.0 Å². The molecule has 0 radical (unpaired) electrons. The lowest BCUT2D eigenvalue weighted by molar-refractivity contribution is -0.385. The lowest BCUT2D eigenvalue weighted by Crippen LogP contribution is -2.13. The van der Waals surface area contributed by atoms with E-state index in [-0.39, 0.29) is 32.9 Å². The van der Waals surface area contributed by atoms with Crippen molar-refractivity contribution in [1.82, 2.24) is 0 Å². The molecule has 10 nitrogen and oxygen atoms in total. The number of nitrogens with one attached hydrogen (secondary N) is 1. The molecule has 0 atom stereocenters. The smallest absolute Gasteiger partial charge is 0.270 e. The highest BCUT2D eigenvalue weighted by Gasteiger charge is 2.15. The summed E-state index contributed by atoms with van der Waals surface area (Å²) in [6.07, 6.45) is 1.24. The molecule has 1 heterocycles. The Morgan fingerprint density at radius 3 is 2.26 bits per heavy atom. The summed E-state index contributed by atoms with van der Waals surface area (Å²) in [5, 5.41) is 33.4. The summed E-state index contributed by atoms with van der Waals surface area (Å²) in [5.41, 5.74) is 0.368. The number of hydrogen-bond acceptors (Lipinski definition) is 7. The predicted molar refractivity (Wildman–Crippen MR) is 114 cm³/mol. The molecule has 1 N–H and O–H groups in total. The third-order valence-corrected chi connectivity index (χ3v) is 4.71. The van der Waals surface area contributed by atoms with E-state index in [1.165, 1.54) is 48.5 Å². The predicted octanol–water partition coefficient (Wildman–Crippen LogP) is 5.07. The number of carbonyl (C=O) groups excluding carboxylic acids is 1. The monoisotopic (exact) mass is 482 g/mol. The molecule has 0 aliphatic carbocycles. The third kappa shape index (κ3) is 5.01. The molecule has 0 aliphatic rings. The second-order valence-corrected chi connectivity index (χ2v) is 6.91. The van der Waals surface area contributed by atoms with Crippen LogP contribution in [0.2, 0.25) is 0 Å². The first-order valence-electron chi connectivity index (χ1n) is 8.50. The summed E-state index contributed by atoms with van der Waals surface area (Å²) in [6, 6.07) is 14.4. The molecular formula is C20H11BrN4O6. The molecule has 0 fully saturated rings. The number of non-ortho nitro benzene ring substituents is 2. The number of benzene rings is 2. The van der Waals surface area contributed by atoms with E-state index >= 15 is 0 Å². The number of halogens is 1. The zero-order chi connectivity index (χ0) is 22.5. The van der Waals surface area contributed by atoms with E-state index in [2.05, 4.69) is 21.2 Å². The van der Waals surface area contributed by atoms with Crippen molar-refractivity contribution in [2.75, 3.05) is 5.32 Å². The molecule has 31 heavy (non-hydrogen) atoms. The molecule has 0 bridgehead atoms. The van der Waals surface area contributed by atoms with Crippen molar-refractivity contribution in [2.24, 2.45) is 0 Å². The standard InChI is InChI=1S/C20H11BrN4O6/c21-17-10-15(25(29)30)5-7-18(17)23-20(26)13(11-22)9-16-6-8-19(31-16)12-1-3-14(4-2-12)24(27)28/h1-10H,(H,23,26). The Hall–Kier alpha value is -4.30. The number of carbonyl (C=O) groups is 1. The number of hydrogen-bond donors (Lipinski definition) is 1. The summed E-state index contributed by atoms with van der Waals surface area (Å²) in [6.45, 7) is 0. The van der Waals surface area contributed by atoms with E-state index in [0.29, 0.717) is 11.3 Å². The average Bonchev–Trinajstić information content (AvgIpc) is 3.22. The van der Waals surface area contributed by atoms with Crippen LogP contribution in [-0.2, 0) is 4.79 Å². The maximum atomic E-state index is 12.4. The average molecular weight is 483 g/mol. The highest BCUT2D eigenvalue weighted by molar-refractivity contribution is 9.10. The van der Waals surface area contributed by atoms with Crippen LogP contribution in [0.1, 0.15) is 5.76 Å². The summed E-state index contributed by atoms with van der Waals surface area (Å²) < 4.78 is 5.89. The Morgan fingerprint density at radius 1 is 1.03 bits per heavy atom. The lowest BCUT2D eigenvalue weighted by Gasteiger charge is -2.06. The normalized spacial score (nSPS) is 10.9. The SMILES string of the molecule is N#CC(=Cc1ccc(-c2ccc([N+](=O)[O-])cc2)o1)C(=O)Nc1ccc([N+](=O)[O-])cc1Br. The number of amides is 1. The Kier molecular flexibility index (Phi) is 6.23. The van der Waals surface area contributed by atoms with Gasteiger partial charge in [0, 0.05) is 40.4 Å². The van der Waals surface area contributed by atoms with Gasteiger partial charge >= 0.3 is 0 Å². The fraction of sp³-hybridized carbons (Fsp3) is 0. The maximum absolute atomic E-state index is 12.4. The Labute approximate surface area is 182 Å². The molecular weight excluding hydrogens is 472 g/mol. The van der Waals surface area contributed by atoms with Gasteiger partial charge in [-0.05, 0) is 46.3 Å². The van der Waals surface area contributed by atoms with Crippen LogP contribution >= 0.6 is 15.9 Å². The molecule has 0 aliphatic heterocycles. The lowest BCUT2D eigenvalue weighted by atomic mass is 10.1. The molecule has 3 aromatic rings. The molecule has 154 valence electrons. The van der Waals surface area contributed by atoms with Crippen molar-refractivity contribution in [3.63, 3.8) is 0 Å². The van der Waals surface area contributed by atoms with E-state index in [1.807, 2.05) is 0 Å². The Morgan fingerprint density at radius 2 is 1.68 bits per heavy atom. The second-order valence-electron chi connectivity index (χ2n) is 6.05. The molecule has 1 aromatic heterocycles. The van der Waals surface area contributed by atoms with Crippen LogP contribution in [-0.4, -0.2) is 15.8 Å². The Bertz CT molecular complexity index is 1260. The molecule has 11 heteroatoms. The van der Waals surface area contributed by atoms with Gasteiger partial charge in [0.15, 0.2) is 0 Å². The van der Waals surface area contributed by atoms with Crippen LogP contribution in [0, 0.1) is 31.6 Å². The number of nitro benzene ring substituents is 2. The van der Waals surface area contributed by atoms with Crippen LogP contribution in [0.15, 0.2) is 69.1 Å². The van der Waals surface area contributed by atoms with E-state index < -0.39 is 15.8 Å². The fourth-order valence-electron chi connectivity index (χ4n) is 2.53. The summed E-state index contributed by atoms with van der Waals surface area (Å²) in [5.74, 6) is -0.106. The topological polar surface area (TPSA) is 152 Å². The number of nitriles is 1. The molecule has 0 saturated heterocycles. The van der Waals surface area contributed by atoms with E-state index in [0.717, 1.165) is 0 Å². The van der Waals surface area contributed by atoms with Crippen molar-refractivity contribution < 1.29 is 19.1 Å². The van der Waals surface area contributed by atoms with E-state index in [9.17, 15) is 30.3 Å². The van der Waals surface area contributed by atoms with Crippen molar-refractivity contribution in [1.29, 1.82) is 5.26 Å². The molecule has 1 amide bonds. The van der Waals surface area contributed by atoms with Crippen molar-refractivity contribution in [2.45, 2.75) is 0 Å². The number of furan rings is 1. The highest BCUT2D eigenvalue weighted by Crippen LogP contribution is 2.28. The Balaban J connectivity index is 1.79. The van der Waals surface area contributed by atoms with Gasteiger partial charge in [-0.2, -0.15) is 5.26 Å². The van der Waals surface area contributed by atoms with Gasteiger partial charge in [0.05, 0.1) is 15.5 Å². The minimum atomic E-state index is -0.731. The molecule has 0 spiro atoms. The first-order chi connectivity index (χ1) is 14.8. The number of nitro groups is 2. The highest BCUT2D eigenvalue weighted by atomic mass is 79.9. The minimum absolute atomic E-state index is 0.0590. The number of anilines is 1. The number of rotatable bonds is 6. The minimum Gasteiger partial charge on any atom is -0.457 e. The largest absolute Gasteiger partial charge is 0.457 e. The summed E-state index contributed by atoms with van der Waals surface area (Å²) >= 11 is 3.14. The molecule has 2 aromatic carbocycles. The van der Waals surface area contributed by atoms with Crippen LogP contribution in [0.4, 0.5) is 17.1 Å². The first-order valence-corrected chi connectivity index (χ1v) is 9.29. The molecule has 3 rings (SSSR count). The maximum Gasteiger partial charge on any atom is 0.270 e. The molecule has 0 unspecified atom stereocenters.